The minimum absolute atomic E-state index is 0.243. The van der Waals surface area contributed by atoms with Gasteiger partial charge in [0.2, 0.25) is 0 Å². The number of carboxylic acids is 1. The molecule has 9 heteroatoms. The van der Waals surface area contributed by atoms with Crippen LogP contribution < -0.4 is 0 Å². The van der Waals surface area contributed by atoms with Crippen LogP contribution in [-0.2, 0) is 17.4 Å². The van der Waals surface area contributed by atoms with E-state index in [2.05, 4.69) is 4.98 Å². The van der Waals surface area contributed by atoms with Gasteiger partial charge in [-0.3, -0.25) is 9.78 Å². The summed E-state index contributed by atoms with van der Waals surface area (Å²) in [5, 5.41) is 7.22. The quantitative estimate of drug-likeness (QED) is 0.869. The van der Waals surface area contributed by atoms with Crippen molar-refractivity contribution in [1.29, 1.82) is 0 Å². The highest BCUT2D eigenvalue weighted by atomic mass is 35.5. The Bertz CT molecular complexity index is 475. The molecule has 0 aliphatic heterocycles. The van der Waals surface area contributed by atoms with Crippen molar-refractivity contribution < 1.29 is 31.9 Å². The predicted octanol–water partition coefficient (Wildman–Crippen LogP) is 3.32. The molecule has 1 rings (SSSR count). The van der Waals surface area contributed by atoms with E-state index < -0.39 is 46.8 Å². The molecule has 1 aromatic heterocycles. The topological polar surface area (TPSA) is 50.2 Å². The molecule has 0 atom stereocenters. The van der Waals surface area contributed by atoms with Crippen molar-refractivity contribution in [3.63, 3.8) is 0 Å². The molecule has 100 valence electrons. The molecule has 1 aromatic rings. The number of rotatable bonds is 3. The van der Waals surface area contributed by atoms with Gasteiger partial charge < -0.3 is 5.11 Å². The summed E-state index contributed by atoms with van der Waals surface area (Å²) in [6.45, 7) is 0. The van der Waals surface area contributed by atoms with Crippen LogP contribution in [0.5, 0.6) is 0 Å². The Morgan fingerprint density at radius 3 is 2.39 bits per heavy atom. The Labute approximate surface area is 102 Å². The number of aromatic nitrogens is 1. The van der Waals surface area contributed by atoms with Gasteiger partial charge in [-0.25, -0.2) is 8.78 Å². The molecule has 0 radical (unpaired) electrons. The lowest BCUT2D eigenvalue weighted by molar-refractivity contribution is -0.137. The van der Waals surface area contributed by atoms with Crippen molar-refractivity contribution in [2.75, 3.05) is 0 Å². The van der Waals surface area contributed by atoms with E-state index in [1.165, 1.54) is 0 Å². The number of halogens is 6. The first-order valence-corrected chi connectivity index (χ1v) is 4.76. The second-order valence-corrected chi connectivity index (χ2v) is 3.59. The number of pyridine rings is 1. The normalized spacial score (nSPS) is 11.9. The van der Waals surface area contributed by atoms with Crippen LogP contribution in [0.2, 0.25) is 5.02 Å². The molecular formula is C9H5ClF5NO2. The first-order valence-electron chi connectivity index (χ1n) is 4.39. The molecule has 0 saturated carbocycles. The molecule has 1 heterocycles. The summed E-state index contributed by atoms with van der Waals surface area (Å²) in [5.74, 6) is -1.50. The minimum Gasteiger partial charge on any atom is -0.481 e. The zero-order valence-corrected chi connectivity index (χ0v) is 9.19. The van der Waals surface area contributed by atoms with E-state index in [0.29, 0.717) is 0 Å². The van der Waals surface area contributed by atoms with E-state index in [4.69, 9.17) is 16.7 Å². The van der Waals surface area contributed by atoms with Gasteiger partial charge in [-0.05, 0) is 0 Å². The number of alkyl halides is 5. The van der Waals surface area contributed by atoms with Crippen molar-refractivity contribution in [2.24, 2.45) is 0 Å². The number of hydrogen-bond acceptors (Lipinski definition) is 2. The number of aliphatic carboxylic acids is 1. The Morgan fingerprint density at radius 1 is 1.44 bits per heavy atom. The minimum atomic E-state index is -4.94. The zero-order chi connectivity index (χ0) is 14.1. The van der Waals surface area contributed by atoms with Crippen molar-refractivity contribution >= 4 is 17.6 Å². The van der Waals surface area contributed by atoms with Gasteiger partial charge in [0, 0.05) is 6.20 Å². The molecule has 0 saturated heterocycles. The Balaban J connectivity index is 3.42. The lowest BCUT2D eigenvalue weighted by Gasteiger charge is -2.14. The molecule has 0 bridgehead atoms. The molecule has 1 N–H and O–H groups in total. The first kappa shape index (κ1) is 14.6. The molecule has 0 aliphatic rings. The average Bonchev–Trinajstić information content (AvgIpc) is 2.13. The molecule has 0 aromatic carbocycles. The Morgan fingerprint density at radius 2 is 2.00 bits per heavy atom. The van der Waals surface area contributed by atoms with E-state index in [0.717, 1.165) is 0 Å². The number of hydrogen-bond donors (Lipinski definition) is 1. The average molecular weight is 290 g/mol. The lowest BCUT2D eigenvalue weighted by Crippen LogP contribution is -2.13. The van der Waals surface area contributed by atoms with Crippen molar-refractivity contribution in [2.45, 2.75) is 19.0 Å². The summed E-state index contributed by atoms with van der Waals surface area (Å²) in [6, 6.07) is 0. The fourth-order valence-corrected chi connectivity index (χ4v) is 1.59. The maximum Gasteiger partial charge on any atom is 0.419 e. The first-order chi connectivity index (χ1) is 8.14. The van der Waals surface area contributed by atoms with E-state index >= 15 is 0 Å². The molecule has 0 fully saturated rings. The molecule has 3 nitrogen and oxygen atoms in total. The molecular weight excluding hydrogens is 285 g/mol. The Kier molecular flexibility index (Phi) is 4.10. The van der Waals surface area contributed by atoms with Crippen LogP contribution >= 0.6 is 11.6 Å². The lowest BCUT2D eigenvalue weighted by atomic mass is 10.1. The molecule has 0 unspecified atom stereocenters. The maximum absolute atomic E-state index is 12.6. The van der Waals surface area contributed by atoms with E-state index in [-0.39, 0.29) is 6.20 Å². The highest BCUT2D eigenvalue weighted by Crippen LogP contribution is 2.39. The van der Waals surface area contributed by atoms with Crippen LogP contribution in [0.25, 0.3) is 0 Å². The SMILES string of the molecule is O=C(O)Cc1ncc(C(F)(F)F)c(Cl)c1C(F)F. The highest BCUT2D eigenvalue weighted by molar-refractivity contribution is 6.32. The second kappa shape index (κ2) is 5.05. The summed E-state index contributed by atoms with van der Waals surface area (Å²) < 4.78 is 62.4. The largest absolute Gasteiger partial charge is 0.481 e. The van der Waals surface area contributed by atoms with Gasteiger partial charge in [-0.2, -0.15) is 13.2 Å². The van der Waals surface area contributed by atoms with Crippen LogP contribution in [0.3, 0.4) is 0 Å². The molecule has 0 spiro atoms. The summed E-state index contributed by atoms with van der Waals surface area (Å²) >= 11 is 5.24. The van der Waals surface area contributed by atoms with Gasteiger partial charge in [0.25, 0.3) is 6.43 Å². The molecule has 0 aliphatic carbocycles. The fourth-order valence-electron chi connectivity index (χ4n) is 1.24. The van der Waals surface area contributed by atoms with Crippen LogP contribution in [0.4, 0.5) is 22.0 Å². The number of carbonyl (C=O) groups is 1. The maximum atomic E-state index is 12.6. The third-order valence-electron chi connectivity index (χ3n) is 1.98. The molecule has 18 heavy (non-hydrogen) atoms. The highest BCUT2D eigenvalue weighted by Gasteiger charge is 2.37. The number of carboxylic acid groups (broad SMARTS) is 1. The third-order valence-corrected chi connectivity index (χ3v) is 2.38. The predicted molar refractivity (Wildman–Crippen MR) is 50.5 cm³/mol. The summed E-state index contributed by atoms with van der Waals surface area (Å²) in [6.07, 6.45) is -8.97. The van der Waals surface area contributed by atoms with Gasteiger partial charge in [-0.1, -0.05) is 11.6 Å². The summed E-state index contributed by atoms with van der Waals surface area (Å²) in [7, 11) is 0. The van der Waals surface area contributed by atoms with Gasteiger partial charge in [0.05, 0.1) is 28.3 Å². The third kappa shape index (κ3) is 3.06. The van der Waals surface area contributed by atoms with Gasteiger partial charge in [0.15, 0.2) is 0 Å². The van der Waals surface area contributed by atoms with Gasteiger partial charge in [0.1, 0.15) is 0 Å². The van der Waals surface area contributed by atoms with Gasteiger partial charge >= 0.3 is 12.1 Å². The van der Waals surface area contributed by atoms with Crippen molar-refractivity contribution in [1.82, 2.24) is 4.98 Å². The summed E-state index contributed by atoms with van der Waals surface area (Å²) in [5.41, 5.74) is -3.40. The van der Waals surface area contributed by atoms with Crippen LogP contribution in [0, 0.1) is 0 Å². The standard InChI is InChI=1S/C9H5ClF5NO2/c10-7-3(9(13,14)15)2-16-4(1-5(17)18)6(7)8(11)12/h2,8H,1H2,(H,17,18). The van der Waals surface area contributed by atoms with Crippen LogP contribution in [0.1, 0.15) is 23.2 Å². The Hall–Kier alpha value is -1.44. The van der Waals surface area contributed by atoms with E-state index in [1.54, 1.807) is 0 Å². The zero-order valence-electron chi connectivity index (χ0n) is 8.43. The molecule has 0 amide bonds. The number of nitrogens with zero attached hydrogens (tertiary/aromatic N) is 1. The fraction of sp³-hybridized carbons (Fsp3) is 0.333. The van der Waals surface area contributed by atoms with Crippen molar-refractivity contribution in [3.8, 4) is 0 Å². The summed E-state index contributed by atoms with van der Waals surface area (Å²) in [4.78, 5) is 13.5. The van der Waals surface area contributed by atoms with Crippen LogP contribution in [-0.4, -0.2) is 16.1 Å². The van der Waals surface area contributed by atoms with E-state index in [1.807, 2.05) is 0 Å². The van der Waals surface area contributed by atoms with E-state index in [9.17, 15) is 26.7 Å². The van der Waals surface area contributed by atoms with Crippen LogP contribution in [0.15, 0.2) is 6.20 Å². The van der Waals surface area contributed by atoms with Crippen molar-refractivity contribution in [3.05, 3.63) is 28.0 Å². The second-order valence-electron chi connectivity index (χ2n) is 3.22. The monoisotopic (exact) mass is 289 g/mol. The van der Waals surface area contributed by atoms with Gasteiger partial charge in [-0.15, -0.1) is 0 Å². The smallest absolute Gasteiger partial charge is 0.419 e.